The molecule has 0 unspecified atom stereocenters. The number of carbonyl (C=O) groups is 2. The molecule has 2 rings (SSSR count). The highest BCUT2D eigenvalue weighted by atomic mass is 35.5. The Bertz CT molecular complexity index is 1140. The minimum Gasteiger partial charge on any atom is -0.504 e. The number of phenolic OH excluding ortho intramolecular Hbond substituents is 1. The number of para-hydroxylation sites is 1. The number of ether oxygens (including phenoxy) is 1. The lowest BCUT2D eigenvalue weighted by molar-refractivity contribution is 0.0529. The lowest BCUT2D eigenvalue weighted by atomic mass is 10.2. The van der Waals surface area contributed by atoms with Crippen LogP contribution in [0.3, 0.4) is 0 Å². The Labute approximate surface area is 201 Å². The van der Waals surface area contributed by atoms with E-state index in [1.165, 1.54) is 12.1 Å². The normalized spacial score (nSPS) is 11.5. The van der Waals surface area contributed by atoms with Gasteiger partial charge in [0.2, 0.25) is 10.0 Å². The molecule has 0 spiro atoms. The summed E-state index contributed by atoms with van der Waals surface area (Å²) in [6.07, 6.45) is -0.710. The molecule has 2 aromatic rings. The van der Waals surface area contributed by atoms with Crippen molar-refractivity contribution < 1.29 is 27.9 Å². The molecule has 33 heavy (non-hydrogen) atoms. The largest absolute Gasteiger partial charge is 0.504 e. The molecular formula is C20H24Cl2N4O6S. The van der Waals surface area contributed by atoms with Crippen molar-refractivity contribution in [2.45, 2.75) is 31.3 Å². The van der Waals surface area contributed by atoms with E-state index in [0.717, 1.165) is 0 Å². The van der Waals surface area contributed by atoms with E-state index in [1.54, 1.807) is 45.0 Å². The molecule has 0 bridgehead atoms. The van der Waals surface area contributed by atoms with Gasteiger partial charge in [0.05, 0.1) is 21.4 Å². The van der Waals surface area contributed by atoms with Gasteiger partial charge in [-0.15, -0.1) is 0 Å². The van der Waals surface area contributed by atoms with Gasteiger partial charge in [0, 0.05) is 13.1 Å². The molecule has 13 heteroatoms. The monoisotopic (exact) mass is 518 g/mol. The highest BCUT2D eigenvalue weighted by Gasteiger charge is 2.25. The number of urea groups is 1. The number of anilines is 2. The molecule has 0 saturated carbocycles. The van der Waals surface area contributed by atoms with Crippen molar-refractivity contribution >= 4 is 56.7 Å². The summed E-state index contributed by atoms with van der Waals surface area (Å²) in [6.45, 7) is 4.79. The van der Waals surface area contributed by atoms with Crippen molar-refractivity contribution in [2.24, 2.45) is 0 Å². The third-order valence-electron chi connectivity index (χ3n) is 3.81. The Morgan fingerprint density at radius 2 is 1.61 bits per heavy atom. The summed E-state index contributed by atoms with van der Waals surface area (Å²) in [7, 11) is -4.30. The topological polar surface area (TPSA) is 146 Å². The molecule has 0 radical (unpaired) electrons. The number of hydrogen-bond acceptors (Lipinski definition) is 6. The molecule has 180 valence electrons. The average molecular weight is 519 g/mol. The number of rotatable bonds is 7. The molecule has 5 N–H and O–H groups in total. The summed E-state index contributed by atoms with van der Waals surface area (Å²) in [5.74, 6) is -0.760. The summed E-state index contributed by atoms with van der Waals surface area (Å²) in [6, 6.07) is 8.17. The Morgan fingerprint density at radius 1 is 0.970 bits per heavy atom. The van der Waals surface area contributed by atoms with Crippen LogP contribution in [0, 0.1) is 0 Å². The van der Waals surface area contributed by atoms with Crippen molar-refractivity contribution in [1.29, 1.82) is 0 Å². The number of carbonyl (C=O) groups excluding carboxylic acids is 2. The van der Waals surface area contributed by atoms with Gasteiger partial charge in [-0.3, -0.25) is 0 Å². The van der Waals surface area contributed by atoms with E-state index in [4.69, 9.17) is 27.9 Å². The zero-order chi connectivity index (χ0) is 24.8. The number of phenols is 1. The van der Waals surface area contributed by atoms with Gasteiger partial charge in [0.1, 0.15) is 10.5 Å². The van der Waals surface area contributed by atoms with Gasteiger partial charge in [-0.1, -0.05) is 35.3 Å². The molecule has 0 aromatic heterocycles. The molecule has 0 saturated heterocycles. The average Bonchev–Trinajstić information content (AvgIpc) is 2.68. The van der Waals surface area contributed by atoms with Crippen molar-refractivity contribution in [3.05, 3.63) is 46.4 Å². The summed E-state index contributed by atoms with van der Waals surface area (Å²) in [4.78, 5) is 23.3. The van der Waals surface area contributed by atoms with Gasteiger partial charge in [0.15, 0.2) is 5.75 Å². The maximum absolute atomic E-state index is 12.7. The first-order chi connectivity index (χ1) is 15.3. The lowest BCUT2D eigenvalue weighted by Gasteiger charge is -2.19. The molecule has 0 aliphatic rings. The van der Waals surface area contributed by atoms with Crippen LogP contribution in [0.5, 0.6) is 5.75 Å². The smallest absolute Gasteiger partial charge is 0.407 e. The molecular weight excluding hydrogens is 495 g/mol. The van der Waals surface area contributed by atoms with Crippen LogP contribution in [0.2, 0.25) is 10.0 Å². The molecule has 10 nitrogen and oxygen atoms in total. The number of halogens is 2. The first-order valence-electron chi connectivity index (χ1n) is 9.60. The van der Waals surface area contributed by atoms with Crippen LogP contribution in [-0.2, 0) is 14.8 Å². The highest BCUT2D eigenvalue weighted by Crippen LogP contribution is 2.36. The van der Waals surface area contributed by atoms with Crippen molar-refractivity contribution in [1.82, 2.24) is 10.0 Å². The van der Waals surface area contributed by atoms with Gasteiger partial charge < -0.3 is 25.8 Å². The van der Waals surface area contributed by atoms with Gasteiger partial charge in [-0.05, 0) is 45.0 Å². The van der Waals surface area contributed by atoms with E-state index in [1.807, 2.05) is 0 Å². The van der Waals surface area contributed by atoms with Gasteiger partial charge in [0.25, 0.3) is 0 Å². The number of hydrogen-bond donors (Lipinski definition) is 5. The number of sulfonamides is 1. The zero-order valence-electron chi connectivity index (χ0n) is 18.0. The predicted octanol–water partition coefficient (Wildman–Crippen LogP) is 4.15. The summed E-state index contributed by atoms with van der Waals surface area (Å²) in [5, 5.41) is 17.7. The maximum atomic E-state index is 12.7. The standard InChI is InChI=1S/C20H24Cl2N4O6S/c1-20(2,3)32-19(29)23-10-11-24-33(30,31)17-13(22)8-9-15(16(17)27)26-18(28)25-14-7-5-4-6-12(14)21/h4-9,24,27H,10-11H2,1-3H3,(H,23,29)(H2,25,26,28). The highest BCUT2D eigenvalue weighted by molar-refractivity contribution is 7.89. The van der Waals surface area contributed by atoms with Gasteiger partial charge >= 0.3 is 12.1 Å². The molecule has 0 heterocycles. The first-order valence-corrected chi connectivity index (χ1v) is 11.8. The quantitative estimate of drug-likeness (QED) is 0.275. The first kappa shape index (κ1) is 26.5. The van der Waals surface area contributed by atoms with Crippen LogP contribution in [0.4, 0.5) is 21.0 Å². The number of aromatic hydroxyl groups is 1. The third-order valence-corrected chi connectivity index (χ3v) is 6.10. The van der Waals surface area contributed by atoms with Crippen LogP contribution in [0.1, 0.15) is 20.8 Å². The Hall–Kier alpha value is -2.73. The molecule has 0 aliphatic heterocycles. The summed E-state index contributed by atoms with van der Waals surface area (Å²) in [5.41, 5.74) is -0.581. The second-order valence-corrected chi connectivity index (χ2v) is 10.2. The fraction of sp³-hybridized carbons (Fsp3) is 0.300. The number of amides is 3. The SMILES string of the molecule is CC(C)(C)OC(=O)NCCNS(=O)(=O)c1c(Cl)ccc(NC(=O)Nc2ccccc2Cl)c1O. The van der Waals surface area contributed by atoms with Crippen molar-refractivity contribution in [2.75, 3.05) is 23.7 Å². The number of benzene rings is 2. The van der Waals surface area contributed by atoms with Crippen molar-refractivity contribution in [3.8, 4) is 5.75 Å². The Morgan fingerprint density at radius 3 is 2.24 bits per heavy atom. The second-order valence-electron chi connectivity index (χ2n) is 7.66. The molecule has 0 aliphatic carbocycles. The van der Waals surface area contributed by atoms with E-state index >= 15 is 0 Å². The molecule has 3 amide bonds. The van der Waals surface area contributed by atoms with Crippen LogP contribution in [0.15, 0.2) is 41.3 Å². The van der Waals surface area contributed by atoms with E-state index < -0.39 is 38.4 Å². The predicted molar refractivity (Wildman–Crippen MR) is 127 cm³/mol. The zero-order valence-corrected chi connectivity index (χ0v) is 20.4. The van der Waals surface area contributed by atoms with E-state index in [2.05, 4.69) is 20.7 Å². The van der Waals surface area contributed by atoms with Crippen molar-refractivity contribution in [3.63, 3.8) is 0 Å². The fourth-order valence-corrected chi connectivity index (χ4v) is 4.32. The van der Waals surface area contributed by atoms with Gasteiger partial charge in [-0.2, -0.15) is 0 Å². The van der Waals surface area contributed by atoms with E-state index in [0.29, 0.717) is 10.7 Å². The lowest BCUT2D eigenvalue weighted by Crippen LogP contribution is -2.37. The Kier molecular flexibility index (Phi) is 8.78. The molecule has 0 atom stereocenters. The van der Waals surface area contributed by atoms with Crippen LogP contribution < -0.4 is 20.7 Å². The summed E-state index contributed by atoms with van der Waals surface area (Å²) < 4.78 is 32.6. The minimum atomic E-state index is -4.30. The minimum absolute atomic E-state index is 0.0787. The number of alkyl carbamates (subject to hydrolysis) is 1. The second kappa shape index (κ2) is 10.9. The third kappa shape index (κ3) is 7.97. The molecule has 2 aromatic carbocycles. The maximum Gasteiger partial charge on any atom is 0.407 e. The number of nitrogens with one attached hydrogen (secondary N) is 4. The van der Waals surface area contributed by atoms with Crippen LogP contribution >= 0.6 is 23.2 Å². The van der Waals surface area contributed by atoms with Gasteiger partial charge in [-0.25, -0.2) is 22.7 Å². The van der Waals surface area contributed by atoms with E-state index in [9.17, 15) is 23.1 Å². The molecule has 0 fully saturated rings. The summed E-state index contributed by atoms with van der Waals surface area (Å²) >= 11 is 12.0. The van der Waals surface area contributed by atoms with Crippen LogP contribution in [0.25, 0.3) is 0 Å². The fourth-order valence-electron chi connectivity index (χ4n) is 2.48. The Balaban J connectivity index is 2.07. The van der Waals surface area contributed by atoms with Crippen LogP contribution in [-0.4, -0.2) is 44.3 Å². The van der Waals surface area contributed by atoms with E-state index in [-0.39, 0.29) is 23.8 Å².